The Labute approximate surface area is 238 Å². The number of nitrogens with one attached hydrogen (secondary N) is 2. The first-order valence-corrected chi connectivity index (χ1v) is 13.8. The zero-order valence-electron chi connectivity index (χ0n) is 21.4. The molecule has 5 rings (SSSR count). The van der Waals surface area contributed by atoms with E-state index in [4.69, 9.17) is 17.3 Å². The van der Waals surface area contributed by atoms with Crippen LogP contribution in [0.2, 0.25) is 5.02 Å². The molecule has 1 fully saturated rings. The Kier molecular flexibility index (Phi) is 7.30. The number of aliphatic hydroxyl groups is 1. The highest BCUT2D eigenvalue weighted by Gasteiger charge is 2.63. The molecule has 2 aromatic carbocycles. The van der Waals surface area contributed by atoms with Crippen LogP contribution in [0.15, 0.2) is 47.8 Å². The first-order chi connectivity index (χ1) is 19.1. The highest BCUT2D eigenvalue weighted by molar-refractivity contribution is 7.12. The smallest absolute Gasteiger partial charge is 0.331 e. The van der Waals surface area contributed by atoms with Crippen LogP contribution >= 0.6 is 22.9 Å². The van der Waals surface area contributed by atoms with Gasteiger partial charge in [0.05, 0.1) is 29.1 Å². The second-order valence-electron chi connectivity index (χ2n) is 9.94. The van der Waals surface area contributed by atoms with E-state index in [-0.39, 0.29) is 36.7 Å². The van der Waals surface area contributed by atoms with E-state index in [1.807, 2.05) is 0 Å². The van der Waals surface area contributed by atoms with Crippen LogP contribution in [-0.4, -0.2) is 63.5 Å². The van der Waals surface area contributed by atoms with Gasteiger partial charge >= 0.3 is 5.97 Å². The van der Waals surface area contributed by atoms with Crippen LogP contribution in [0.4, 0.5) is 5.69 Å². The molecule has 0 saturated heterocycles. The average Bonchev–Trinajstić information content (AvgIpc) is 3.32. The van der Waals surface area contributed by atoms with Crippen molar-refractivity contribution in [2.45, 2.75) is 37.4 Å². The number of hydrogen-bond acceptors (Lipinski definition) is 7. The molecule has 0 spiro atoms. The molecule has 208 valence electrons. The third-order valence-corrected chi connectivity index (χ3v) is 8.65. The van der Waals surface area contributed by atoms with Gasteiger partial charge in [0.2, 0.25) is 0 Å². The lowest BCUT2D eigenvalue weighted by Crippen LogP contribution is -2.50. The molecule has 3 aromatic rings. The Hall–Kier alpha value is -3.93. The van der Waals surface area contributed by atoms with E-state index in [0.29, 0.717) is 38.6 Å². The fourth-order valence-electron chi connectivity index (χ4n) is 5.31. The van der Waals surface area contributed by atoms with Gasteiger partial charge in [-0.1, -0.05) is 23.7 Å². The molecule has 6 N–H and O–H groups in total. The molecule has 3 atom stereocenters. The van der Waals surface area contributed by atoms with Crippen molar-refractivity contribution in [1.29, 1.82) is 0 Å². The number of aliphatic carboxylic acids is 1. The van der Waals surface area contributed by atoms with Crippen LogP contribution in [-0.2, 0) is 11.2 Å². The number of anilines is 1. The van der Waals surface area contributed by atoms with E-state index in [2.05, 4.69) is 10.6 Å². The van der Waals surface area contributed by atoms with Crippen LogP contribution in [0.1, 0.15) is 59.5 Å². The maximum absolute atomic E-state index is 13.4. The molecule has 12 heteroatoms. The van der Waals surface area contributed by atoms with Crippen molar-refractivity contribution in [2.75, 3.05) is 18.9 Å². The predicted octanol–water partition coefficient (Wildman–Crippen LogP) is 2.78. The van der Waals surface area contributed by atoms with E-state index in [1.54, 1.807) is 59.7 Å². The SMILES string of the molecule is Cc1cc2c(c(N)c1C(=O)NC1(C(=O)O)CC1NC(=O)c1cccs1)CCN(C(=O)c1ccc(Cl)cc1)C2CO. The first-order valence-electron chi connectivity index (χ1n) is 12.6. The zero-order valence-corrected chi connectivity index (χ0v) is 23.0. The molecular formula is C28H27ClN4O6S. The Bertz CT molecular complexity index is 1510. The Morgan fingerprint density at radius 3 is 2.52 bits per heavy atom. The summed E-state index contributed by atoms with van der Waals surface area (Å²) in [4.78, 5) is 53.3. The second kappa shape index (κ2) is 10.6. The fourth-order valence-corrected chi connectivity index (χ4v) is 6.06. The summed E-state index contributed by atoms with van der Waals surface area (Å²) in [5.74, 6) is -2.61. The van der Waals surface area contributed by atoms with Crippen LogP contribution in [0.3, 0.4) is 0 Å². The number of benzene rings is 2. The summed E-state index contributed by atoms with van der Waals surface area (Å²) in [6, 6.07) is 10.1. The largest absolute Gasteiger partial charge is 0.479 e. The number of rotatable bonds is 7. The van der Waals surface area contributed by atoms with Crippen LogP contribution in [0.25, 0.3) is 0 Å². The second-order valence-corrected chi connectivity index (χ2v) is 11.3. The van der Waals surface area contributed by atoms with Gasteiger partial charge in [0, 0.05) is 29.2 Å². The van der Waals surface area contributed by atoms with Gasteiger partial charge in [0.25, 0.3) is 17.7 Å². The number of carboxylic acids is 1. The number of aliphatic hydroxyl groups excluding tert-OH is 1. The number of nitrogens with two attached hydrogens (primary N) is 1. The molecule has 40 heavy (non-hydrogen) atoms. The van der Waals surface area contributed by atoms with Gasteiger partial charge in [0.1, 0.15) is 0 Å². The van der Waals surface area contributed by atoms with Gasteiger partial charge in [-0.3, -0.25) is 14.4 Å². The molecule has 10 nitrogen and oxygen atoms in total. The normalized spacial score (nSPS) is 21.3. The predicted molar refractivity (Wildman–Crippen MR) is 150 cm³/mol. The molecule has 0 bridgehead atoms. The summed E-state index contributed by atoms with van der Waals surface area (Å²) in [5.41, 5.74) is 7.28. The van der Waals surface area contributed by atoms with Crippen LogP contribution in [0.5, 0.6) is 0 Å². The Morgan fingerprint density at radius 1 is 1.18 bits per heavy atom. The van der Waals surface area contributed by atoms with Crippen LogP contribution in [0, 0.1) is 6.92 Å². The van der Waals surface area contributed by atoms with Gasteiger partial charge in [0.15, 0.2) is 5.54 Å². The fraction of sp³-hybridized carbons (Fsp3) is 0.286. The number of carbonyl (C=O) groups is 4. The maximum Gasteiger partial charge on any atom is 0.331 e. The minimum absolute atomic E-state index is 0.0312. The minimum Gasteiger partial charge on any atom is -0.479 e. The van der Waals surface area contributed by atoms with Gasteiger partial charge in [-0.2, -0.15) is 0 Å². The number of nitrogens with zero attached hydrogens (tertiary/aromatic N) is 1. The van der Waals surface area contributed by atoms with Crippen molar-refractivity contribution in [1.82, 2.24) is 15.5 Å². The van der Waals surface area contributed by atoms with Gasteiger partial charge in [-0.25, -0.2) is 4.79 Å². The molecule has 1 aromatic heterocycles. The van der Waals surface area contributed by atoms with Crippen molar-refractivity contribution in [3.8, 4) is 0 Å². The average molecular weight is 583 g/mol. The van der Waals surface area contributed by atoms with E-state index in [0.717, 1.165) is 0 Å². The first kappa shape index (κ1) is 27.6. The molecule has 3 amide bonds. The molecule has 2 aliphatic rings. The van der Waals surface area contributed by atoms with Gasteiger partial charge in [-0.15, -0.1) is 11.3 Å². The monoisotopic (exact) mass is 582 g/mol. The number of halogens is 1. The van der Waals surface area contributed by atoms with E-state index < -0.39 is 35.4 Å². The minimum atomic E-state index is -1.66. The Morgan fingerprint density at radius 2 is 1.90 bits per heavy atom. The van der Waals surface area contributed by atoms with Crippen molar-refractivity contribution in [2.24, 2.45) is 0 Å². The summed E-state index contributed by atoms with van der Waals surface area (Å²) in [6.07, 6.45) is 0.366. The highest BCUT2D eigenvalue weighted by atomic mass is 35.5. The molecule has 1 aliphatic heterocycles. The van der Waals surface area contributed by atoms with E-state index in [9.17, 15) is 29.4 Å². The van der Waals surface area contributed by atoms with Crippen molar-refractivity contribution >= 4 is 52.3 Å². The lowest BCUT2D eigenvalue weighted by Gasteiger charge is -2.37. The number of amides is 3. The standard InChI is InChI=1S/C28H27ClN4O6S/c1-14-11-18-17(8-9-33(19(18)13-34)26(37)15-4-6-16(29)7-5-15)23(30)22(14)25(36)32-28(27(38)39)12-21(28)31-24(35)20-3-2-10-40-20/h2-7,10-11,19,21,34H,8-9,12-13,30H2,1H3,(H,31,35)(H,32,36)(H,38,39). The maximum atomic E-state index is 13.4. The quantitative estimate of drug-likeness (QED) is 0.267. The van der Waals surface area contributed by atoms with Crippen molar-refractivity contribution < 1.29 is 29.4 Å². The lowest BCUT2D eigenvalue weighted by atomic mass is 9.86. The summed E-state index contributed by atoms with van der Waals surface area (Å²) >= 11 is 7.18. The van der Waals surface area contributed by atoms with E-state index in [1.165, 1.54) is 11.3 Å². The summed E-state index contributed by atoms with van der Waals surface area (Å²) < 4.78 is 0. The topological polar surface area (TPSA) is 162 Å². The number of carboxylic acid groups (broad SMARTS) is 1. The summed E-state index contributed by atoms with van der Waals surface area (Å²) in [5, 5.41) is 27.7. The molecule has 1 aliphatic carbocycles. The molecule has 0 radical (unpaired) electrons. The van der Waals surface area contributed by atoms with Gasteiger partial charge in [-0.05, 0) is 65.7 Å². The van der Waals surface area contributed by atoms with Crippen molar-refractivity contribution in [3.63, 3.8) is 0 Å². The molecule has 2 heterocycles. The third-order valence-electron chi connectivity index (χ3n) is 7.53. The Balaban J connectivity index is 1.39. The molecule has 3 unspecified atom stereocenters. The number of carbonyl (C=O) groups excluding carboxylic acids is 3. The van der Waals surface area contributed by atoms with E-state index >= 15 is 0 Å². The number of nitrogen functional groups attached to an aromatic ring is 1. The number of aryl methyl sites for hydroxylation is 1. The number of fused-ring (bicyclic) bond motifs is 1. The van der Waals surface area contributed by atoms with Gasteiger partial charge < -0.3 is 31.5 Å². The number of hydrogen-bond donors (Lipinski definition) is 5. The summed E-state index contributed by atoms with van der Waals surface area (Å²) in [6.45, 7) is 1.56. The highest BCUT2D eigenvalue weighted by Crippen LogP contribution is 2.40. The van der Waals surface area contributed by atoms with Crippen molar-refractivity contribution in [3.05, 3.63) is 85.6 Å². The lowest BCUT2D eigenvalue weighted by molar-refractivity contribution is -0.140. The third kappa shape index (κ3) is 4.80. The zero-order chi connectivity index (χ0) is 28.8. The number of thiophene rings is 1. The molecular weight excluding hydrogens is 556 g/mol. The van der Waals surface area contributed by atoms with Crippen LogP contribution < -0.4 is 16.4 Å². The summed E-state index contributed by atoms with van der Waals surface area (Å²) in [7, 11) is 0. The molecule has 1 saturated carbocycles.